The molecule has 2 heterocycles. The average Bonchev–Trinajstić information content (AvgIpc) is 2.41. The summed E-state index contributed by atoms with van der Waals surface area (Å²) in [6, 6.07) is 0. The summed E-state index contributed by atoms with van der Waals surface area (Å²) in [7, 11) is 0. The van der Waals surface area contributed by atoms with E-state index in [9.17, 15) is 9.59 Å². The fraction of sp³-hybridized carbons (Fsp3) is 0. The zero-order valence-corrected chi connectivity index (χ0v) is 4.87. The summed E-state index contributed by atoms with van der Waals surface area (Å²) in [6.07, 6.45) is 2.75. The second-order valence-electron chi connectivity index (χ2n) is 1.95. The van der Waals surface area contributed by atoms with Crippen LogP contribution in [0.2, 0.25) is 0 Å². The highest BCUT2D eigenvalue weighted by molar-refractivity contribution is 5.59. The van der Waals surface area contributed by atoms with Crippen LogP contribution in [0.4, 0.5) is 0 Å². The van der Waals surface area contributed by atoms with Crippen LogP contribution in [-0.2, 0) is 0 Å². The molecule has 0 fully saturated rings. The molecule has 2 rings (SSSR count). The van der Waals surface area contributed by atoms with Gasteiger partial charge in [-0.25, -0.2) is 4.98 Å². The third-order valence-corrected chi connectivity index (χ3v) is 1.34. The van der Waals surface area contributed by atoms with Crippen molar-refractivity contribution < 1.29 is 0 Å². The summed E-state index contributed by atoms with van der Waals surface area (Å²) in [5.41, 5.74) is -0.514. The van der Waals surface area contributed by atoms with Gasteiger partial charge in [0.15, 0.2) is 0 Å². The Morgan fingerprint density at radius 3 is 2.70 bits per heavy atom. The van der Waals surface area contributed by atoms with E-state index in [4.69, 9.17) is 0 Å². The lowest BCUT2D eigenvalue weighted by Crippen LogP contribution is -2.18. The molecule has 4 nitrogen and oxygen atoms in total. The number of hydrogen-bond donors (Lipinski definition) is 0. The van der Waals surface area contributed by atoms with Gasteiger partial charge in [-0.3, -0.25) is 14.6 Å². The van der Waals surface area contributed by atoms with Gasteiger partial charge in [-0.2, -0.15) is 0 Å². The van der Waals surface area contributed by atoms with Crippen molar-refractivity contribution in [1.82, 2.24) is 9.97 Å². The molecule has 48 valence electrons. The van der Waals surface area contributed by atoms with Gasteiger partial charge in [-0.15, -0.1) is 0 Å². The average molecular weight is 134 g/mol. The van der Waals surface area contributed by atoms with E-state index in [0.717, 1.165) is 0 Å². The van der Waals surface area contributed by atoms with Gasteiger partial charge >= 0.3 is 5.56 Å². The SMILES string of the molecule is O=c1nc2cncc-2c1=O. The third kappa shape index (κ3) is 0.452. The van der Waals surface area contributed by atoms with Crippen LogP contribution in [0, 0.1) is 0 Å². The minimum Gasteiger partial charge on any atom is -0.283 e. The molecule has 0 saturated heterocycles. The Morgan fingerprint density at radius 2 is 2.00 bits per heavy atom. The fourth-order valence-electron chi connectivity index (χ4n) is 0.857. The molecule has 0 atom stereocenters. The van der Waals surface area contributed by atoms with Gasteiger partial charge in [0.25, 0.3) is 5.43 Å². The maximum Gasteiger partial charge on any atom is 0.318 e. The van der Waals surface area contributed by atoms with Crippen molar-refractivity contribution in [1.29, 1.82) is 0 Å². The van der Waals surface area contributed by atoms with Gasteiger partial charge in [-0.05, 0) is 0 Å². The highest BCUT2D eigenvalue weighted by Crippen LogP contribution is 2.09. The summed E-state index contributed by atoms with van der Waals surface area (Å²) >= 11 is 0. The summed E-state index contributed by atoms with van der Waals surface area (Å²) in [4.78, 5) is 28.4. The molecule has 0 amide bonds. The Kier molecular flexibility index (Phi) is 0.768. The lowest BCUT2D eigenvalue weighted by molar-refractivity contribution is 1.28. The van der Waals surface area contributed by atoms with Crippen LogP contribution in [0.5, 0.6) is 0 Å². The van der Waals surface area contributed by atoms with Crippen molar-refractivity contribution in [2.75, 3.05) is 0 Å². The van der Waals surface area contributed by atoms with Crippen molar-refractivity contribution in [3.63, 3.8) is 0 Å². The minimum atomic E-state index is -0.688. The van der Waals surface area contributed by atoms with E-state index in [1.807, 2.05) is 0 Å². The predicted octanol–water partition coefficient (Wildman–Crippen LogP) is -0.823. The second-order valence-corrected chi connectivity index (χ2v) is 1.95. The van der Waals surface area contributed by atoms with Crippen LogP contribution in [0.3, 0.4) is 0 Å². The highest BCUT2D eigenvalue weighted by Gasteiger charge is 2.13. The number of aromatic nitrogens is 2. The maximum absolute atomic E-state index is 10.8. The van der Waals surface area contributed by atoms with Crippen LogP contribution < -0.4 is 11.0 Å². The summed E-state index contributed by atoms with van der Waals surface area (Å²) in [6.45, 7) is 0. The first-order valence-electron chi connectivity index (χ1n) is 2.70. The van der Waals surface area contributed by atoms with Crippen molar-refractivity contribution in [3.8, 4) is 11.3 Å². The number of rotatable bonds is 0. The van der Waals surface area contributed by atoms with Crippen molar-refractivity contribution in [2.24, 2.45) is 0 Å². The zero-order chi connectivity index (χ0) is 7.14. The van der Waals surface area contributed by atoms with Crippen LogP contribution in [0.15, 0.2) is 22.0 Å². The zero-order valence-electron chi connectivity index (χ0n) is 4.87. The molecule has 0 spiro atoms. The molecule has 0 aliphatic carbocycles. The molecule has 2 aliphatic heterocycles. The highest BCUT2D eigenvalue weighted by atomic mass is 16.2. The van der Waals surface area contributed by atoms with E-state index in [-0.39, 0.29) is 0 Å². The molecule has 10 heavy (non-hydrogen) atoms. The normalized spacial score (nSPS) is 10.8. The largest absolute Gasteiger partial charge is 0.318 e. The molecule has 0 unspecified atom stereocenters. The Balaban J connectivity index is 3.07. The van der Waals surface area contributed by atoms with Gasteiger partial charge in [0.1, 0.15) is 0 Å². The van der Waals surface area contributed by atoms with E-state index in [0.29, 0.717) is 11.3 Å². The van der Waals surface area contributed by atoms with E-state index in [2.05, 4.69) is 9.97 Å². The topological polar surface area (TPSA) is 59.9 Å². The first kappa shape index (κ1) is 5.22. The van der Waals surface area contributed by atoms with Gasteiger partial charge in [0, 0.05) is 6.20 Å². The Bertz CT molecular complexity index is 414. The summed E-state index contributed by atoms with van der Waals surface area (Å²) < 4.78 is 0. The molecule has 0 radical (unpaired) electrons. The minimum absolute atomic E-state index is 0.324. The van der Waals surface area contributed by atoms with Gasteiger partial charge in [-0.1, -0.05) is 0 Å². The molecular formula is C6H2N2O2. The molecule has 0 aromatic heterocycles. The molecule has 0 bridgehead atoms. The smallest absolute Gasteiger partial charge is 0.283 e. The number of fused-ring (bicyclic) bond motifs is 1. The maximum atomic E-state index is 10.8. The monoisotopic (exact) mass is 134 g/mol. The van der Waals surface area contributed by atoms with Gasteiger partial charge in [0.05, 0.1) is 17.5 Å². The predicted molar refractivity (Wildman–Crippen MR) is 33.6 cm³/mol. The number of nitrogens with zero attached hydrogens (tertiary/aromatic N) is 2. The molecule has 4 heteroatoms. The van der Waals surface area contributed by atoms with Crippen molar-refractivity contribution in [3.05, 3.63) is 33.0 Å². The fourth-order valence-corrected chi connectivity index (χ4v) is 0.857. The summed E-state index contributed by atoms with van der Waals surface area (Å²) in [5.74, 6) is 0. The van der Waals surface area contributed by atoms with E-state index < -0.39 is 11.0 Å². The van der Waals surface area contributed by atoms with E-state index in [1.165, 1.54) is 12.4 Å². The summed E-state index contributed by atoms with van der Waals surface area (Å²) in [5, 5.41) is 0. The lowest BCUT2D eigenvalue weighted by atomic mass is 10.3. The molecule has 0 saturated carbocycles. The first-order chi connectivity index (χ1) is 4.79. The van der Waals surface area contributed by atoms with Gasteiger partial charge < -0.3 is 0 Å². The molecule has 0 N–H and O–H groups in total. The van der Waals surface area contributed by atoms with E-state index in [1.54, 1.807) is 0 Å². The third-order valence-electron chi connectivity index (χ3n) is 1.34. The number of hydrogen-bond acceptors (Lipinski definition) is 4. The molecule has 0 aromatic rings. The standard InChI is InChI=1S/C6H2N2O2/c9-5-3-1-7-2-4(3)8-6(5)10/h1-2H. The second kappa shape index (κ2) is 1.47. The Morgan fingerprint density at radius 1 is 1.20 bits per heavy atom. The quantitative estimate of drug-likeness (QED) is 0.441. The molecular weight excluding hydrogens is 132 g/mol. The van der Waals surface area contributed by atoms with Crippen molar-refractivity contribution >= 4 is 0 Å². The van der Waals surface area contributed by atoms with Crippen molar-refractivity contribution in [2.45, 2.75) is 0 Å². The van der Waals surface area contributed by atoms with Crippen LogP contribution in [0.25, 0.3) is 11.3 Å². The van der Waals surface area contributed by atoms with Crippen LogP contribution in [0.1, 0.15) is 0 Å². The van der Waals surface area contributed by atoms with Gasteiger partial charge in [0.2, 0.25) is 0 Å². The molecule has 2 aliphatic rings. The first-order valence-corrected chi connectivity index (χ1v) is 2.70. The Hall–Kier alpha value is -1.58. The van der Waals surface area contributed by atoms with E-state index >= 15 is 0 Å². The van der Waals surface area contributed by atoms with Crippen LogP contribution in [-0.4, -0.2) is 9.97 Å². The van der Waals surface area contributed by atoms with Crippen LogP contribution >= 0.6 is 0 Å². The molecule has 0 aromatic carbocycles. The lowest BCUT2D eigenvalue weighted by Gasteiger charge is -1.72. The Labute approximate surface area is 55.2 Å².